The minimum atomic E-state index is -3.34. The van der Waals surface area contributed by atoms with Gasteiger partial charge in [-0.25, -0.2) is 0 Å². The molecule has 4 aliphatic rings. The largest absolute Gasteiger partial charge is 0.491 e. The van der Waals surface area contributed by atoms with Gasteiger partial charge in [0, 0.05) is 16.5 Å². The summed E-state index contributed by atoms with van der Waals surface area (Å²) in [4.78, 5) is 0. The Kier molecular flexibility index (Phi) is 10.3. The third-order valence-corrected chi connectivity index (χ3v) is 16.0. The summed E-state index contributed by atoms with van der Waals surface area (Å²) in [6, 6.07) is 30.9. The number of hydrogen-bond acceptors (Lipinski definition) is 8. The summed E-state index contributed by atoms with van der Waals surface area (Å²) in [5, 5.41) is 23.4. The van der Waals surface area contributed by atoms with E-state index in [0.717, 1.165) is 59.1 Å². The zero-order chi connectivity index (χ0) is 38.2. The number of hydrogen-bond donors (Lipinski definition) is 2. The number of aliphatic hydroxyl groups excluding tert-OH is 2. The number of ether oxygens (including phenoxy) is 2. The normalized spacial score (nSPS) is 22.3. The molecule has 0 saturated heterocycles. The van der Waals surface area contributed by atoms with E-state index in [-0.39, 0.29) is 31.0 Å². The van der Waals surface area contributed by atoms with Crippen LogP contribution in [-0.2, 0) is 14.5 Å². The van der Waals surface area contributed by atoms with Crippen LogP contribution < -0.4 is 18.5 Å². The number of aliphatic hydroxyl groups is 2. The van der Waals surface area contributed by atoms with Gasteiger partial charge in [-0.3, -0.25) is 9.13 Å². The average molecular weight is 777 g/mol. The Bertz CT molecular complexity index is 2140. The van der Waals surface area contributed by atoms with E-state index in [4.69, 9.17) is 18.5 Å². The van der Waals surface area contributed by atoms with E-state index in [1.807, 2.05) is 121 Å². The molecule has 2 heterocycles. The Morgan fingerprint density at radius 3 is 1.44 bits per heavy atom. The van der Waals surface area contributed by atoms with Crippen LogP contribution in [0.25, 0.3) is 11.1 Å². The van der Waals surface area contributed by atoms with Crippen LogP contribution in [0.4, 0.5) is 0 Å². The summed E-state index contributed by atoms with van der Waals surface area (Å²) < 4.78 is 52.4. The highest BCUT2D eigenvalue weighted by molar-refractivity contribution is 7.64. The highest BCUT2D eigenvalue weighted by atomic mass is 31.2. The predicted molar refractivity (Wildman–Crippen MR) is 218 cm³/mol. The maximum absolute atomic E-state index is 14.1. The lowest BCUT2D eigenvalue weighted by Crippen LogP contribution is -2.25. The van der Waals surface area contributed by atoms with E-state index in [0.29, 0.717) is 33.6 Å². The van der Waals surface area contributed by atoms with E-state index >= 15 is 0 Å². The molecule has 4 atom stereocenters. The molecule has 4 aromatic carbocycles. The molecule has 4 aromatic rings. The van der Waals surface area contributed by atoms with Crippen LogP contribution in [0.5, 0.6) is 23.0 Å². The Morgan fingerprint density at radius 1 is 0.618 bits per heavy atom. The summed E-state index contributed by atoms with van der Waals surface area (Å²) >= 11 is 0. The molecule has 8 nitrogen and oxygen atoms in total. The van der Waals surface area contributed by atoms with E-state index in [1.165, 1.54) is 0 Å². The highest BCUT2D eigenvalue weighted by Gasteiger charge is 2.41. The maximum Gasteiger partial charge on any atom is 0.280 e. The minimum absolute atomic E-state index is 0.0191. The molecular weight excluding hydrogens is 730 g/mol. The van der Waals surface area contributed by atoms with Crippen molar-refractivity contribution < 1.29 is 37.9 Å². The topological polar surface area (TPSA) is 112 Å². The SMILES string of the molecule is CC(C)(c1ccc(OCC(O)CP2(=O)Oc3ccccc3C3=C2C=CCC3)cc1)c1ccc(OCC(O)CP2(=O)Oc3ccccc3C3=C2C=CCC3)cc1. The molecule has 10 heteroatoms. The van der Waals surface area contributed by atoms with Crippen LogP contribution in [0.3, 0.4) is 0 Å². The summed E-state index contributed by atoms with van der Waals surface area (Å²) in [6.07, 6.45) is 9.14. The predicted octanol–water partition coefficient (Wildman–Crippen LogP) is 10.4. The van der Waals surface area contributed by atoms with Crippen LogP contribution in [0.15, 0.2) is 132 Å². The van der Waals surface area contributed by atoms with E-state index in [9.17, 15) is 19.3 Å². The Morgan fingerprint density at radius 2 is 1.02 bits per heavy atom. The lowest BCUT2D eigenvalue weighted by molar-refractivity contribution is 0.123. The number of allylic oxidation sites excluding steroid dienone is 8. The van der Waals surface area contributed by atoms with Gasteiger partial charge in [-0.15, -0.1) is 0 Å². The van der Waals surface area contributed by atoms with Crippen molar-refractivity contribution >= 4 is 25.9 Å². The molecule has 2 aliphatic heterocycles. The fourth-order valence-corrected chi connectivity index (χ4v) is 12.9. The molecule has 2 N–H and O–H groups in total. The first kappa shape index (κ1) is 37.3. The van der Waals surface area contributed by atoms with Gasteiger partial charge in [0.15, 0.2) is 0 Å². The van der Waals surface area contributed by atoms with Crippen molar-refractivity contribution in [3.05, 3.63) is 154 Å². The molecule has 0 spiro atoms. The Balaban J connectivity index is 0.854. The van der Waals surface area contributed by atoms with Crippen LogP contribution >= 0.6 is 14.7 Å². The lowest BCUT2D eigenvalue weighted by atomic mass is 9.78. The summed E-state index contributed by atoms with van der Waals surface area (Å²) in [6.45, 7) is 4.23. The van der Waals surface area contributed by atoms with Gasteiger partial charge in [0.2, 0.25) is 0 Å². The van der Waals surface area contributed by atoms with Crippen molar-refractivity contribution in [3.63, 3.8) is 0 Å². The molecule has 0 bridgehead atoms. The van der Waals surface area contributed by atoms with Crippen LogP contribution in [0.1, 0.15) is 61.8 Å². The second-order valence-corrected chi connectivity index (χ2v) is 19.9. The molecular formula is C45H46O8P2. The number of fused-ring (bicyclic) bond motifs is 4. The average Bonchev–Trinajstić information content (AvgIpc) is 3.20. The van der Waals surface area contributed by atoms with Gasteiger partial charge >= 0.3 is 0 Å². The summed E-state index contributed by atoms with van der Waals surface area (Å²) in [5.41, 5.74) is 5.82. The van der Waals surface area contributed by atoms with Gasteiger partial charge in [0.25, 0.3) is 14.7 Å². The van der Waals surface area contributed by atoms with Crippen molar-refractivity contribution in [2.45, 2.75) is 57.2 Å². The van der Waals surface area contributed by atoms with Crippen molar-refractivity contribution in [2.75, 3.05) is 25.5 Å². The minimum Gasteiger partial charge on any atom is -0.491 e. The van der Waals surface area contributed by atoms with Gasteiger partial charge in [-0.1, -0.05) is 98.8 Å². The molecule has 284 valence electrons. The van der Waals surface area contributed by atoms with Gasteiger partial charge in [0.1, 0.15) is 36.2 Å². The molecule has 0 aromatic heterocycles. The molecule has 0 saturated carbocycles. The second-order valence-electron chi connectivity index (χ2n) is 15.1. The quantitative estimate of drug-likeness (QED) is 0.137. The molecule has 2 aliphatic carbocycles. The van der Waals surface area contributed by atoms with E-state index < -0.39 is 26.9 Å². The Labute approximate surface area is 322 Å². The first-order chi connectivity index (χ1) is 26.5. The fourth-order valence-electron chi connectivity index (χ4n) is 7.91. The first-order valence-corrected chi connectivity index (χ1v) is 22.5. The molecule has 4 unspecified atom stereocenters. The maximum atomic E-state index is 14.1. The number of benzene rings is 4. The van der Waals surface area contributed by atoms with Crippen molar-refractivity contribution in [2.24, 2.45) is 0 Å². The number of para-hydroxylation sites is 2. The molecule has 8 rings (SSSR count). The smallest absolute Gasteiger partial charge is 0.280 e. The summed E-state index contributed by atoms with van der Waals surface area (Å²) in [7, 11) is -6.67. The summed E-state index contributed by atoms with van der Waals surface area (Å²) in [5.74, 6) is 2.41. The van der Waals surface area contributed by atoms with Crippen molar-refractivity contribution in [1.82, 2.24) is 0 Å². The lowest BCUT2D eigenvalue weighted by Gasteiger charge is -2.32. The van der Waals surface area contributed by atoms with Crippen molar-refractivity contribution in [3.8, 4) is 23.0 Å². The third kappa shape index (κ3) is 7.54. The van der Waals surface area contributed by atoms with E-state index in [2.05, 4.69) is 13.8 Å². The van der Waals surface area contributed by atoms with E-state index in [1.54, 1.807) is 0 Å². The molecule has 0 amide bonds. The Hall–Kier alpha value is -4.58. The molecule has 0 radical (unpaired) electrons. The van der Waals surface area contributed by atoms with Crippen molar-refractivity contribution in [1.29, 1.82) is 0 Å². The van der Waals surface area contributed by atoms with Crippen LogP contribution in [-0.4, -0.2) is 48.0 Å². The van der Waals surface area contributed by atoms with Gasteiger partial charge < -0.3 is 28.7 Å². The molecule has 0 fully saturated rings. The monoisotopic (exact) mass is 776 g/mol. The standard InChI is InChI=1S/C45H46O8P2/c1-45(2,31-19-23-35(24-20-31)50-27-33(46)29-54(48)43-17-9-5-13-39(43)37-11-3-7-15-41(37)52-54)32-21-25-36(26-22-32)51-28-34(47)30-55(49)44-18-10-6-14-40(44)38-12-4-8-16-42(38)53-55/h3-4,7-12,15-26,33-34,46-47H,5-6,13-14,27-30H2,1-2H3. The third-order valence-electron chi connectivity index (χ3n) is 10.9. The molecule has 55 heavy (non-hydrogen) atoms. The van der Waals surface area contributed by atoms with Gasteiger partial charge in [-0.05, 0) is 84.4 Å². The number of rotatable bonds is 12. The first-order valence-electron chi connectivity index (χ1n) is 18.9. The van der Waals surface area contributed by atoms with Gasteiger partial charge in [0.05, 0.1) is 35.2 Å². The zero-order valence-electron chi connectivity index (χ0n) is 31.1. The highest BCUT2D eigenvalue weighted by Crippen LogP contribution is 2.65. The zero-order valence-corrected chi connectivity index (χ0v) is 32.9. The van der Waals surface area contributed by atoms with Gasteiger partial charge in [-0.2, -0.15) is 0 Å². The fraction of sp³-hybridized carbons (Fsp3) is 0.289. The second kappa shape index (κ2) is 15.2. The van der Waals surface area contributed by atoms with Crippen LogP contribution in [0, 0.1) is 0 Å². The van der Waals surface area contributed by atoms with Crippen LogP contribution in [0.2, 0.25) is 0 Å².